The first kappa shape index (κ1) is 19.5. The summed E-state index contributed by atoms with van der Waals surface area (Å²) in [5, 5.41) is 2.85. The fourth-order valence-corrected chi connectivity index (χ4v) is 2.55. The number of ether oxygens (including phenoxy) is 3. The largest absolute Gasteiger partial charge is 0.493 e. The zero-order chi connectivity index (χ0) is 19.8. The first-order valence-corrected chi connectivity index (χ1v) is 9.03. The maximum absolute atomic E-state index is 12.3. The van der Waals surface area contributed by atoms with Crippen molar-refractivity contribution < 1.29 is 19.0 Å². The van der Waals surface area contributed by atoms with Gasteiger partial charge in [-0.05, 0) is 48.9 Å². The maximum atomic E-state index is 12.3. The molecule has 0 saturated heterocycles. The Morgan fingerprint density at radius 3 is 2.21 bits per heavy atom. The second-order valence-corrected chi connectivity index (χ2v) is 6.21. The van der Waals surface area contributed by atoms with Gasteiger partial charge in [0, 0.05) is 5.69 Å². The van der Waals surface area contributed by atoms with Crippen molar-refractivity contribution in [2.24, 2.45) is 0 Å². The lowest BCUT2D eigenvalue weighted by molar-refractivity contribution is -0.127. The monoisotopic (exact) mass is 377 g/mol. The van der Waals surface area contributed by atoms with E-state index in [1.54, 1.807) is 38.3 Å². The Labute approximate surface area is 164 Å². The lowest BCUT2D eigenvalue weighted by atomic mass is 10.2. The number of carbonyl (C=O) groups excluding carboxylic acids is 1. The fourth-order valence-electron chi connectivity index (χ4n) is 2.55. The van der Waals surface area contributed by atoms with Crippen LogP contribution in [0.15, 0.2) is 78.9 Å². The lowest BCUT2D eigenvalue weighted by Gasteiger charge is -2.14. The van der Waals surface area contributed by atoms with Crippen molar-refractivity contribution in [3.05, 3.63) is 84.4 Å². The molecule has 0 spiro atoms. The summed E-state index contributed by atoms with van der Waals surface area (Å²) in [6.07, 6.45) is -0.565. The van der Waals surface area contributed by atoms with Gasteiger partial charge in [0.25, 0.3) is 5.91 Å². The topological polar surface area (TPSA) is 56.8 Å². The van der Waals surface area contributed by atoms with Crippen LogP contribution >= 0.6 is 0 Å². The van der Waals surface area contributed by atoms with Crippen LogP contribution in [-0.2, 0) is 16.1 Å². The van der Waals surface area contributed by atoms with E-state index in [0.29, 0.717) is 29.5 Å². The molecule has 3 aromatic carbocycles. The molecule has 0 saturated carbocycles. The van der Waals surface area contributed by atoms with Crippen LogP contribution in [0.5, 0.6) is 17.2 Å². The van der Waals surface area contributed by atoms with Crippen LogP contribution in [0.3, 0.4) is 0 Å². The van der Waals surface area contributed by atoms with Gasteiger partial charge in [-0.25, -0.2) is 0 Å². The van der Waals surface area contributed by atoms with E-state index in [-0.39, 0.29) is 5.91 Å². The van der Waals surface area contributed by atoms with Gasteiger partial charge in [0.2, 0.25) is 0 Å². The summed E-state index contributed by atoms with van der Waals surface area (Å²) in [7, 11) is 1.60. The number of hydrogen-bond donors (Lipinski definition) is 1. The number of amides is 1. The number of carbonyl (C=O) groups is 1. The minimum absolute atomic E-state index is 0.200. The van der Waals surface area contributed by atoms with Crippen molar-refractivity contribution >= 4 is 11.6 Å². The van der Waals surface area contributed by atoms with Gasteiger partial charge in [0.05, 0.1) is 13.7 Å². The fraction of sp³-hybridized carbons (Fsp3) is 0.174. The summed E-state index contributed by atoms with van der Waals surface area (Å²) in [6.45, 7) is 2.12. The van der Waals surface area contributed by atoms with Crippen molar-refractivity contribution in [3.63, 3.8) is 0 Å². The Morgan fingerprint density at radius 2 is 1.54 bits per heavy atom. The van der Waals surface area contributed by atoms with E-state index < -0.39 is 6.10 Å². The van der Waals surface area contributed by atoms with Crippen molar-refractivity contribution in [2.75, 3.05) is 12.4 Å². The predicted octanol–water partition coefficient (Wildman–Crippen LogP) is 5.03. The van der Waals surface area contributed by atoms with Crippen LogP contribution < -0.4 is 14.8 Å². The third-order valence-corrected chi connectivity index (χ3v) is 4.13. The molecule has 0 radical (unpaired) electrons. The first-order valence-electron chi connectivity index (χ1n) is 9.03. The number of methoxy groups -OCH3 is 1. The van der Waals surface area contributed by atoms with E-state index in [4.69, 9.17) is 14.2 Å². The van der Waals surface area contributed by atoms with Crippen LogP contribution in [0.2, 0.25) is 0 Å². The first-order chi connectivity index (χ1) is 13.7. The van der Waals surface area contributed by atoms with E-state index in [1.165, 1.54) is 0 Å². The molecule has 0 aliphatic rings. The van der Waals surface area contributed by atoms with Crippen LogP contribution in [-0.4, -0.2) is 19.1 Å². The molecule has 144 valence electrons. The average molecular weight is 377 g/mol. The minimum atomic E-state index is -0.565. The highest BCUT2D eigenvalue weighted by molar-refractivity contribution is 5.93. The minimum Gasteiger partial charge on any atom is -0.493 e. The second kappa shape index (κ2) is 9.58. The number of anilines is 1. The normalized spacial score (nSPS) is 11.5. The zero-order valence-corrected chi connectivity index (χ0v) is 15.9. The lowest BCUT2D eigenvalue weighted by Crippen LogP contribution is -2.27. The van der Waals surface area contributed by atoms with E-state index in [9.17, 15) is 4.79 Å². The molecule has 1 amide bonds. The third kappa shape index (κ3) is 5.34. The molecule has 1 atom stereocenters. The Hall–Kier alpha value is -3.31. The summed E-state index contributed by atoms with van der Waals surface area (Å²) >= 11 is 0. The molecule has 0 aliphatic heterocycles. The molecular formula is C23H23NO4. The van der Waals surface area contributed by atoms with E-state index >= 15 is 0 Å². The van der Waals surface area contributed by atoms with Gasteiger partial charge in [-0.2, -0.15) is 0 Å². The number of nitrogens with one attached hydrogen (secondary N) is 1. The molecule has 0 fully saturated rings. The third-order valence-electron chi connectivity index (χ3n) is 4.13. The van der Waals surface area contributed by atoms with Crippen LogP contribution in [0.1, 0.15) is 12.5 Å². The molecule has 0 bridgehead atoms. The Morgan fingerprint density at radius 1 is 0.893 bits per heavy atom. The second-order valence-electron chi connectivity index (χ2n) is 6.21. The van der Waals surface area contributed by atoms with Gasteiger partial charge < -0.3 is 19.5 Å². The molecule has 0 aromatic heterocycles. The van der Waals surface area contributed by atoms with Crippen LogP contribution in [0.25, 0.3) is 0 Å². The van der Waals surface area contributed by atoms with Crippen molar-refractivity contribution in [2.45, 2.75) is 19.6 Å². The highest BCUT2D eigenvalue weighted by Crippen LogP contribution is 2.31. The number of hydrogen-bond acceptors (Lipinski definition) is 4. The van der Waals surface area contributed by atoms with Crippen molar-refractivity contribution in [1.29, 1.82) is 0 Å². The summed E-state index contributed by atoms with van der Waals surface area (Å²) in [6, 6.07) is 24.3. The SMILES string of the molecule is COc1ccccc1Oc1ccc(NC(=O)C(C)OCc2ccccc2)cc1. The molecule has 3 aromatic rings. The molecule has 0 aliphatic carbocycles. The molecule has 5 nitrogen and oxygen atoms in total. The zero-order valence-electron chi connectivity index (χ0n) is 15.9. The Balaban J connectivity index is 1.54. The molecule has 5 heteroatoms. The highest BCUT2D eigenvalue weighted by atomic mass is 16.5. The van der Waals surface area contributed by atoms with Crippen molar-refractivity contribution in [3.8, 4) is 17.2 Å². The molecule has 1 N–H and O–H groups in total. The van der Waals surface area contributed by atoms with Gasteiger partial charge in [-0.15, -0.1) is 0 Å². The quantitative estimate of drug-likeness (QED) is 0.598. The maximum Gasteiger partial charge on any atom is 0.253 e. The van der Waals surface area contributed by atoms with Crippen molar-refractivity contribution in [1.82, 2.24) is 0 Å². The van der Waals surface area contributed by atoms with E-state index in [2.05, 4.69) is 5.32 Å². The smallest absolute Gasteiger partial charge is 0.253 e. The molecule has 28 heavy (non-hydrogen) atoms. The number of para-hydroxylation sites is 2. The standard InChI is InChI=1S/C23H23NO4/c1-17(27-16-18-8-4-3-5-9-18)23(25)24-19-12-14-20(15-13-19)28-22-11-7-6-10-21(22)26-2/h3-15,17H,16H2,1-2H3,(H,24,25). The summed E-state index contributed by atoms with van der Waals surface area (Å²) in [5.41, 5.74) is 1.70. The average Bonchev–Trinajstić information content (AvgIpc) is 2.74. The summed E-state index contributed by atoms with van der Waals surface area (Å²) in [4.78, 5) is 12.3. The van der Waals surface area contributed by atoms with Gasteiger partial charge >= 0.3 is 0 Å². The van der Waals surface area contributed by atoms with Crippen LogP contribution in [0.4, 0.5) is 5.69 Å². The number of benzene rings is 3. The van der Waals surface area contributed by atoms with E-state index in [0.717, 1.165) is 5.56 Å². The van der Waals surface area contributed by atoms with Gasteiger partial charge in [-0.1, -0.05) is 42.5 Å². The Kier molecular flexibility index (Phi) is 6.65. The van der Waals surface area contributed by atoms with E-state index in [1.807, 2.05) is 54.6 Å². The Bertz CT molecular complexity index is 894. The van der Waals surface area contributed by atoms with Crippen LogP contribution in [0, 0.1) is 0 Å². The molecular weight excluding hydrogens is 354 g/mol. The molecule has 3 rings (SSSR count). The van der Waals surface area contributed by atoms with Gasteiger partial charge in [-0.3, -0.25) is 4.79 Å². The van der Waals surface area contributed by atoms with Gasteiger partial charge in [0.15, 0.2) is 11.5 Å². The van der Waals surface area contributed by atoms with Gasteiger partial charge in [0.1, 0.15) is 11.9 Å². The predicted molar refractivity (Wildman–Crippen MR) is 109 cm³/mol. The highest BCUT2D eigenvalue weighted by Gasteiger charge is 2.14. The summed E-state index contributed by atoms with van der Waals surface area (Å²) < 4.78 is 16.8. The molecule has 0 heterocycles. The number of rotatable bonds is 8. The summed E-state index contributed by atoms with van der Waals surface area (Å²) in [5.74, 6) is 1.74. The molecule has 1 unspecified atom stereocenters.